The summed E-state index contributed by atoms with van der Waals surface area (Å²) in [7, 11) is 4.94. The summed E-state index contributed by atoms with van der Waals surface area (Å²) in [6.45, 7) is 22.8. The molecule has 0 aliphatic carbocycles. The zero-order valence-electron chi connectivity index (χ0n) is 39.5. The fourth-order valence-electron chi connectivity index (χ4n) is 9.93. The lowest BCUT2D eigenvalue weighted by Crippen LogP contribution is -2.61. The maximum Gasteiger partial charge on any atom is 0.307 e. The molecule has 0 aromatic carbocycles. The van der Waals surface area contributed by atoms with Crippen LogP contribution in [-0.4, -0.2) is 163 Å². The van der Waals surface area contributed by atoms with Gasteiger partial charge in [-0.15, -0.1) is 0 Å². The molecule has 0 aromatic rings. The van der Waals surface area contributed by atoms with Crippen LogP contribution in [0.2, 0.25) is 0 Å². The summed E-state index contributed by atoms with van der Waals surface area (Å²) in [6.07, 6.45) is -4.22. The van der Waals surface area contributed by atoms with Gasteiger partial charge in [-0.3, -0.25) is 9.59 Å². The molecule has 4 rings (SSSR count). The number of carbonyl (C=O) groups excluding carboxylic acids is 2. The summed E-state index contributed by atoms with van der Waals surface area (Å²) in [4.78, 5) is 29.2. The predicted octanol–water partition coefficient (Wildman–Crippen LogP) is 3.42. The van der Waals surface area contributed by atoms with Crippen molar-refractivity contribution >= 4 is 11.9 Å². The standard InChI is InChI=1S/C45H81N3O13/c1-15-48(16-2)21-20-34(49)59-40-30(8)57-35(24-44(40,10)55-14)60-37-27(5)32-18-17-19-33(58-32)45(11,53)38(51)29(7)47-41(52)25(3)23-43(9,54-13)39(28(37)6)61-42-36(50)31(46-12)22-26(4)56-42/h18,25-31,33,35-40,42,46,50-51,53H,15-17,19-24H2,1-14H3,(H,47,52)/t25-,26-,27+,28+,29-,30+,31+,33-,35+,36-,37-,38+,39-,40+,42+,43-,44-,45-/m1/s1. The predicted molar refractivity (Wildman–Crippen MR) is 228 cm³/mol. The summed E-state index contributed by atoms with van der Waals surface area (Å²) >= 11 is 0. The number of esters is 1. The number of hydrogen-bond donors (Lipinski definition) is 5. The number of nitrogens with one attached hydrogen (secondary N) is 2. The Morgan fingerprint density at radius 3 is 2.21 bits per heavy atom. The van der Waals surface area contributed by atoms with Gasteiger partial charge < -0.3 is 68.7 Å². The smallest absolute Gasteiger partial charge is 0.307 e. The summed E-state index contributed by atoms with van der Waals surface area (Å²) in [5.74, 6) is -1.85. The maximum atomic E-state index is 13.9. The number of methoxy groups -OCH3 is 2. The SMILES string of the molecule is CCN(CC)CCC(=O)O[C@H]1[C@H](C)O[C@@H](O[C@H]2[C@H](C)[C@@H](O[C@@H]3O[C@H](C)C[C@H](NC)[C@H]3O)[C@](C)(OC)C[C@@H](C)C(=O)N[C@H](C)[C@H](O)[C@](C)(O)[C@H]3CCC=C(O3)[C@@H]2C)C[C@@]1(C)OC. The molecule has 16 nitrogen and oxygen atoms in total. The fraction of sp³-hybridized carbons (Fsp3) is 0.911. The summed E-state index contributed by atoms with van der Waals surface area (Å²) in [6, 6.07) is -1.13. The van der Waals surface area contributed by atoms with Crippen molar-refractivity contribution in [3.05, 3.63) is 11.8 Å². The van der Waals surface area contributed by atoms with Gasteiger partial charge >= 0.3 is 5.97 Å². The summed E-state index contributed by atoms with van der Waals surface area (Å²) in [5.41, 5.74) is -3.91. The lowest BCUT2D eigenvalue weighted by atomic mass is 9.77. The molecule has 16 heteroatoms. The quantitative estimate of drug-likeness (QED) is 0.169. The third-order valence-electron chi connectivity index (χ3n) is 14.1. The van der Waals surface area contributed by atoms with Crippen LogP contribution in [0.15, 0.2) is 11.8 Å². The van der Waals surface area contributed by atoms with Crippen molar-refractivity contribution in [2.45, 2.75) is 205 Å². The average molecular weight is 872 g/mol. The van der Waals surface area contributed by atoms with Gasteiger partial charge in [0.2, 0.25) is 5.91 Å². The lowest BCUT2D eigenvalue weighted by Gasteiger charge is -2.50. The molecule has 354 valence electrons. The Morgan fingerprint density at radius 2 is 1.61 bits per heavy atom. The van der Waals surface area contributed by atoms with E-state index in [-0.39, 0.29) is 43.3 Å². The topological polar surface area (TPSA) is 196 Å². The van der Waals surface area contributed by atoms with E-state index in [2.05, 4.69) is 29.4 Å². The Morgan fingerprint density at radius 1 is 0.967 bits per heavy atom. The van der Waals surface area contributed by atoms with Crippen LogP contribution in [0.1, 0.15) is 115 Å². The minimum atomic E-state index is -1.74. The van der Waals surface area contributed by atoms with Crippen LogP contribution in [-0.2, 0) is 47.5 Å². The third-order valence-corrected chi connectivity index (χ3v) is 14.1. The summed E-state index contributed by atoms with van der Waals surface area (Å²) in [5, 5.41) is 41.1. The Kier molecular flexibility index (Phi) is 18.5. The van der Waals surface area contributed by atoms with E-state index in [9.17, 15) is 24.9 Å². The molecule has 5 N–H and O–H groups in total. The van der Waals surface area contributed by atoms with Crippen LogP contribution in [0.4, 0.5) is 0 Å². The number of allylic oxidation sites excluding steroid dienone is 1. The molecule has 4 aliphatic rings. The number of rotatable bonds is 13. The minimum Gasteiger partial charge on any atom is -0.492 e. The molecule has 4 heterocycles. The van der Waals surface area contributed by atoms with Gasteiger partial charge in [-0.05, 0) is 93.4 Å². The van der Waals surface area contributed by atoms with E-state index in [0.717, 1.165) is 13.1 Å². The van der Waals surface area contributed by atoms with Crippen molar-refractivity contribution in [1.29, 1.82) is 0 Å². The first-order valence-electron chi connectivity index (χ1n) is 22.7. The average Bonchev–Trinajstić information content (AvgIpc) is 3.23. The van der Waals surface area contributed by atoms with Gasteiger partial charge in [0.05, 0.1) is 48.2 Å². The van der Waals surface area contributed by atoms with Gasteiger partial charge in [-0.2, -0.15) is 0 Å². The number of aliphatic hydroxyl groups excluding tert-OH is 2. The van der Waals surface area contributed by atoms with Crippen molar-refractivity contribution < 1.29 is 62.8 Å². The van der Waals surface area contributed by atoms with Crippen molar-refractivity contribution in [2.24, 2.45) is 17.8 Å². The molecule has 1 amide bonds. The molecule has 2 bridgehead atoms. The largest absolute Gasteiger partial charge is 0.492 e. The second-order valence-electron chi connectivity index (χ2n) is 18.8. The van der Waals surface area contributed by atoms with E-state index >= 15 is 0 Å². The molecule has 0 aromatic heterocycles. The van der Waals surface area contributed by atoms with Crippen molar-refractivity contribution in [3.8, 4) is 0 Å². The molecular weight excluding hydrogens is 791 g/mol. The zero-order chi connectivity index (χ0) is 45.6. The number of ether oxygens (including phenoxy) is 8. The number of amides is 1. The summed E-state index contributed by atoms with van der Waals surface area (Å²) < 4.78 is 52.2. The van der Waals surface area contributed by atoms with Crippen molar-refractivity contribution in [3.63, 3.8) is 0 Å². The highest BCUT2D eigenvalue weighted by atomic mass is 16.7. The van der Waals surface area contributed by atoms with E-state index in [1.54, 1.807) is 35.1 Å². The van der Waals surface area contributed by atoms with Gasteiger partial charge in [0.25, 0.3) is 0 Å². The second-order valence-corrected chi connectivity index (χ2v) is 18.8. The molecule has 4 aliphatic heterocycles. The molecule has 0 unspecified atom stereocenters. The van der Waals surface area contributed by atoms with Crippen molar-refractivity contribution in [2.75, 3.05) is 40.9 Å². The fourth-order valence-corrected chi connectivity index (χ4v) is 9.93. The van der Waals surface area contributed by atoms with E-state index < -0.39 is 95.9 Å². The maximum absolute atomic E-state index is 13.9. The van der Waals surface area contributed by atoms with E-state index in [4.69, 9.17) is 37.9 Å². The highest BCUT2D eigenvalue weighted by Gasteiger charge is 2.54. The van der Waals surface area contributed by atoms with Crippen LogP contribution in [0.25, 0.3) is 0 Å². The van der Waals surface area contributed by atoms with E-state index in [1.807, 2.05) is 47.6 Å². The number of aliphatic hydroxyl groups is 3. The molecule has 0 saturated carbocycles. The lowest BCUT2D eigenvalue weighted by molar-refractivity contribution is -0.318. The third kappa shape index (κ3) is 12.0. The number of nitrogens with zero attached hydrogens (tertiary/aromatic N) is 1. The van der Waals surface area contributed by atoms with Gasteiger partial charge in [0.15, 0.2) is 18.7 Å². The molecule has 0 spiro atoms. The highest BCUT2D eigenvalue weighted by molar-refractivity contribution is 5.78. The zero-order valence-corrected chi connectivity index (χ0v) is 39.5. The molecule has 3 fully saturated rings. The monoisotopic (exact) mass is 872 g/mol. The van der Waals surface area contributed by atoms with E-state index in [1.165, 1.54) is 6.92 Å². The van der Waals surface area contributed by atoms with Crippen LogP contribution in [0.5, 0.6) is 0 Å². The molecule has 18 atom stereocenters. The first-order chi connectivity index (χ1) is 28.6. The molecule has 0 radical (unpaired) electrons. The number of carbonyl (C=O) groups is 2. The van der Waals surface area contributed by atoms with Crippen LogP contribution in [0.3, 0.4) is 0 Å². The highest BCUT2D eigenvalue weighted by Crippen LogP contribution is 2.43. The minimum absolute atomic E-state index is 0.167. The van der Waals surface area contributed by atoms with Crippen LogP contribution < -0.4 is 10.6 Å². The number of likely N-dealkylation sites (N-methyl/N-ethyl adjacent to an activating group) is 1. The van der Waals surface area contributed by atoms with Crippen molar-refractivity contribution in [1.82, 2.24) is 15.5 Å². The van der Waals surface area contributed by atoms with Crippen LogP contribution in [0, 0.1) is 17.8 Å². The molecule has 3 saturated heterocycles. The number of fused-ring (bicyclic) bond motifs is 2. The van der Waals surface area contributed by atoms with Gasteiger partial charge in [-0.25, -0.2) is 0 Å². The van der Waals surface area contributed by atoms with Crippen LogP contribution >= 0.6 is 0 Å². The van der Waals surface area contributed by atoms with Gasteiger partial charge in [-0.1, -0.05) is 34.6 Å². The Labute approximate surface area is 365 Å². The Bertz CT molecular complexity index is 1450. The normalized spacial score (nSPS) is 44.3. The first-order valence-corrected chi connectivity index (χ1v) is 22.7. The Balaban J connectivity index is 1.79. The molecule has 61 heavy (non-hydrogen) atoms. The second kappa shape index (κ2) is 21.8. The van der Waals surface area contributed by atoms with E-state index in [0.29, 0.717) is 31.6 Å². The van der Waals surface area contributed by atoms with Gasteiger partial charge in [0, 0.05) is 51.0 Å². The Hall–Kier alpha value is -1.96. The molecular formula is C45H81N3O13. The number of hydrogen-bond acceptors (Lipinski definition) is 15. The first kappa shape index (κ1) is 51.7. The van der Waals surface area contributed by atoms with Gasteiger partial charge in [0.1, 0.15) is 29.5 Å².